The molecule has 0 N–H and O–H groups in total. The molecule has 0 spiro atoms. The summed E-state index contributed by atoms with van der Waals surface area (Å²) in [4.78, 5) is 11.5. The second-order valence-corrected chi connectivity index (χ2v) is 6.47. The standard InChI is InChI=1S/C19H34N2O/c1-4-6-8-10-12-14-17(13-11-9-7-5-2)18-15-16-19(22)21(3)20-18/h15-17H,4-14H2,1-3H3. The van der Waals surface area contributed by atoms with Crippen LogP contribution in [0.5, 0.6) is 0 Å². The highest BCUT2D eigenvalue weighted by atomic mass is 16.1. The number of aryl methyl sites for hydroxylation is 1. The Labute approximate surface area is 136 Å². The molecule has 0 saturated carbocycles. The highest BCUT2D eigenvalue weighted by Crippen LogP contribution is 2.26. The Morgan fingerprint density at radius 3 is 2.00 bits per heavy atom. The van der Waals surface area contributed by atoms with Crippen molar-refractivity contribution >= 4 is 0 Å². The predicted octanol–water partition coefficient (Wildman–Crippen LogP) is 5.19. The van der Waals surface area contributed by atoms with Gasteiger partial charge in [-0.15, -0.1) is 0 Å². The first-order chi connectivity index (χ1) is 10.7. The van der Waals surface area contributed by atoms with Crippen molar-refractivity contribution in [3.05, 3.63) is 28.2 Å². The normalized spacial score (nSPS) is 12.5. The first kappa shape index (κ1) is 18.9. The second-order valence-electron chi connectivity index (χ2n) is 6.47. The van der Waals surface area contributed by atoms with Gasteiger partial charge >= 0.3 is 0 Å². The molecule has 1 aromatic rings. The molecule has 3 nitrogen and oxygen atoms in total. The molecule has 22 heavy (non-hydrogen) atoms. The summed E-state index contributed by atoms with van der Waals surface area (Å²) in [5, 5.41) is 4.49. The Morgan fingerprint density at radius 1 is 0.909 bits per heavy atom. The lowest BCUT2D eigenvalue weighted by atomic mass is 9.91. The largest absolute Gasteiger partial charge is 0.268 e. The molecule has 126 valence electrons. The number of hydrogen-bond donors (Lipinski definition) is 0. The molecule has 1 unspecified atom stereocenters. The van der Waals surface area contributed by atoms with Crippen LogP contribution >= 0.6 is 0 Å². The van der Waals surface area contributed by atoms with Crippen LogP contribution in [-0.2, 0) is 7.05 Å². The first-order valence-corrected chi connectivity index (χ1v) is 9.23. The molecule has 1 rings (SSSR count). The molecular weight excluding hydrogens is 272 g/mol. The molecule has 1 atom stereocenters. The Kier molecular flexibility index (Phi) is 9.85. The van der Waals surface area contributed by atoms with E-state index in [-0.39, 0.29) is 5.56 Å². The van der Waals surface area contributed by atoms with Crippen molar-refractivity contribution < 1.29 is 0 Å². The Hall–Kier alpha value is -1.12. The minimum atomic E-state index is -0.0172. The van der Waals surface area contributed by atoms with Gasteiger partial charge in [0.15, 0.2) is 0 Å². The van der Waals surface area contributed by atoms with Crippen LogP contribution in [0.25, 0.3) is 0 Å². The topological polar surface area (TPSA) is 34.9 Å². The quantitative estimate of drug-likeness (QED) is 0.498. The fourth-order valence-corrected chi connectivity index (χ4v) is 2.99. The van der Waals surface area contributed by atoms with Gasteiger partial charge in [0.25, 0.3) is 5.56 Å². The molecule has 0 bridgehead atoms. The van der Waals surface area contributed by atoms with Gasteiger partial charge in [0.2, 0.25) is 0 Å². The molecule has 1 aromatic heterocycles. The van der Waals surface area contributed by atoms with Gasteiger partial charge in [-0.1, -0.05) is 71.6 Å². The van der Waals surface area contributed by atoms with Crippen molar-refractivity contribution in [3.63, 3.8) is 0 Å². The van der Waals surface area contributed by atoms with Crippen LogP contribution < -0.4 is 5.56 Å². The minimum absolute atomic E-state index is 0.0172. The second kappa shape index (κ2) is 11.4. The van der Waals surface area contributed by atoms with Crippen molar-refractivity contribution in [2.75, 3.05) is 0 Å². The number of nitrogens with zero attached hydrogens (tertiary/aromatic N) is 2. The highest BCUT2D eigenvalue weighted by molar-refractivity contribution is 5.07. The highest BCUT2D eigenvalue weighted by Gasteiger charge is 2.13. The van der Waals surface area contributed by atoms with E-state index in [2.05, 4.69) is 18.9 Å². The van der Waals surface area contributed by atoms with Gasteiger partial charge in [-0.25, -0.2) is 4.68 Å². The lowest BCUT2D eigenvalue weighted by Gasteiger charge is -2.17. The van der Waals surface area contributed by atoms with Crippen LogP contribution in [0.1, 0.15) is 96.1 Å². The maximum absolute atomic E-state index is 11.5. The van der Waals surface area contributed by atoms with Crippen LogP contribution in [0.3, 0.4) is 0 Å². The summed E-state index contributed by atoms with van der Waals surface area (Å²) in [5.74, 6) is 0.519. The summed E-state index contributed by atoms with van der Waals surface area (Å²) < 4.78 is 1.48. The maximum Gasteiger partial charge on any atom is 0.266 e. The summed E-state index contributed by atoms with van der Waals surface area (Å²) in [7, 11) is 1.75. The van der Waals surface area contributed by atoms with Gasteiger partial charge in [0.1, 0.15) is 0 Å². The fraction of sp³-hybridized carbons (Fsp3) is 0.789. The van der Waals surface area contributed by atoms with E-state index in [0.717, 1.165) is 5.69 Å². The molecule has 0 aromatic carbocycles. The van der Waals surface area contributed by atoms with E-state index < -0.39 is 0 Å². The molecule has 0 aliphatic rings. The van der Waals surface area contributed by atoms with Crippen molar-refractivity contribution in [2.45, 2.75) is 90.4 Å². The maximum atomic E-state index is 11.5. The molecule has 0 fully saturated rings. The number of hydrogen-bond acceptors (Lipinski definition) is 2. The van der Waals surface area contributed by atoms with Gasteiger partial charge < -0.3 is 0 Å². The van der Waals surface area contributed by atoms with E-state index in [1.54, 1.807) is 13.1 Å². The monoisotopic (exact) mass is 306 g/mol. The van der Waals surface area contributed by atoms with Gasteiger partial charge in [0, 0.05) is 19.0 Å². The molecule has 0 aliphatic heterocycles. The number of unbranched alkanes of at least 4 members (excludes halogenated alkanes) is 7. The zero-order chi connectivity index (χ0) is 16.2. The third-order valence-electron chi connectivity index (χ3n) is 4.46. The van der Waals surface area contributed by atoms with Gasteiger partial charge in [-0.05, 0) is 18.9 Å². The van der Waals surface area contributed by atoms with Crippen LogP contribution in [0.4, 0.5) is 0 Å². The van der Waals surface area contributed by atoms with E-state index in [1.807, 2.05) is 6.07 Å². The van der Waals surface area contributed by atoms with E-state index in [9.17, 15) is 4.79 Å². The van der Waals surface area contributed by atoms with Gasteiger partial charge in [0.05, 0.1) is 5.69 Å². The lowest BCUT2D eigenvalue weighted by Crippen LogP contribution is -2.20. The molecule has 3 heteroatoms. The molecular formula is C19H34N2O. The van der Waals surface area contributed by atoms with E-state index >= 15 is 0 Å². The summed E-state index contributed by atoms with van der Waals surface area (Å²) in [5.41, 5.74) is 1.09. The zero-order valence-electron chi connectivity index (χ0n) is 14.8. The van der Waals surface area contributed by atoms with Gasteiger partial charge in [-0.3, -0.25) is 4.79 Å². The predicted molar refractivity (Wildman–Crippen MR) is 94.4 cm³/mol. The Balaban J connectivity index is 2.55. The smallest absolute Gasteiger partial charge is 0.266 e. The summed E-state index contributed by atoms with van der Waals surface area (Å²) >= 11 is 0. The van der Waals surface area contributed by atoms with Crippen molar-refractivity contribution in [1.29, 1.82) is 0 Å². The Morgan fingerprint density at radius 2 is 1.45 bits per heavy atom. The molecule has 1 heterocycles. The van der Waals surface area contributed by atoms with Crippen molar-refractivity contribution in [1.82, 2.24) is 9.78 Å². The summed E-state index contributed by atoms with van der Waals surface area (Å²) in [6.45, 7) is 4.50. The van der Waals surface area contributed by atoms with Crippen LogP contribution in [-0.4, -0.2) is 9.78 Å². The van der Waals surface area contributed by atoms with E-state index in [0.29, 0.717) is 5.92 Å². The van der Waals surface area contributed by atoms with Crippen LogP contribution in [0, 0.1) is 0 Å². The van der Waals surface area contributed by atoms with Crippen LogP contribution in [0.15, 0.2) is 16.9 Å². The van der Waals surface area contributed by atoms with Crippen molar-refractivity contribution in [2.24, 2.45) is 7.05 Å². The van der Waals surface area contributed by atoms with E-state index in [4.69, 9.17) is 0 Å². The number of rotatable bonds is 12. The fourth-order valence-electron chi connectivity index (χ4n) is 2.99. The molecule has 0 aliphatic carbocycles. The number of aromatic nitrogens is 2. The average molecular weight is 306 g/mol. The molecule has 0 saturated heterocycles. The third kappa shape index (κ3) is 7.24. The summed E-state index contributed by atoms with van der Waals surface area (Å²) in [6.07, 6.45) is 14.2. The van der Waals surface area contributed by atoms with Crippen LogP contribution in [0.2, 0.25) is 0 Å². The Bertz CT molecular complexity index is 453. The molecule has 0 radical (unpaired) electrons. The lowest BCUT2D eigenvalue weighted by molar-refractivity contribution is 0.475. The van der Waals surface area contributed by atoms with Gasteiger partial charge in [-0.2, -0.15) is 5.10 Å². The SMILES string of the molecule is CCCCCCCC(CCCCCC)c1ccc(=O)n(C)n1. The average Bonchev–Trinajstić information content (AvgIpc) is 2.52. The van der Waals surface area contributed by atoms with Crippen molar-refractivity contribution in [3.8, 4) is 0 Å². The third-order valence-corrected chi connectivity index (χ3v) is 4.46. The first-order valence-electron chi connectivity index (χ1n) is 9.23. The summed E-state index contributed by atoms with van der Waals surface area (Å²) in [6, 6.07) is 3.61. The minimum Gasteiger partial charge on any atom is -0.268 e. The zero-order valence-corrected chi connectivity index (χ0v) is 14.8. The van der Waals surface area contributed by atoms with E-state index in [1.165, 1.54) is 75.3 Å². The molecule has 0 amide bonds.